The highest BCUT2D eigenvalue weighted by atomic mass is 31.2. The molecule has 0 spiro atoms. The lowest BCUT2D eigenvalue weighted by Gasteiger charge is -2.30. The summed E-state index contributed by atoms with van der Waals surface area (Å²) >= 11 is 0. The van der Waals surface area contributed by atoms with E-state index in [0.29, 0.717) is 11.3 Å². The van der Waals surface area contributed by atoms with E-state index in [4.69, 9.17) is 13.8 Å². The van der Waals surface area contributed by atoms with Crippen LogP contribution in [-0.2, 0) is 19.0 Å². The van der Waals surface area contributed by atoms with Crippen LogP contribution in [-0.4, -0.2) is 26.4 Å². The summed E-state index contributed by atoms with van der Waals surface area (Å²) < 4.78 is 26.8. The van der Waals surface area contributed by atoms with E-state index in [2.05, 4.69) is 0 Å². The Morgan fingerprint density at radius 3 is 1.94 bits per heavy atom. The Balaban J connectivity index is 3.15. The number of aliphatic hydroxyl groups is 1. The van der Waals surface area contributed by atoms with E-state index in [1.165, 1.54) is 21.1 Å². The molecular weight excluding hydrogens is 243 g/mol. The maximum atomic E-state index is 12.2. The maximum absolute atomic E-state index is 12.2. The van der Waals surface area contributed by atoms with Crippen LogP contribution in [0.25, 0.3) is 0 Å². The van der Waals surface area contributed by atoms with Crippen LogP contribution in [0.2, 0.25) is 0 Å². The molecule has 0 aliphatic heterocycles. The first-order chi connectivity index (χ1) is 7.91. The number of hydrogen-bond donors (Lipinski definition) is 1. The first-order valence-corrected chi connectivity index (χ1v) is 6.54. The van der Waals surface area contributed by atoms with E-state index in [1.54, 1.807) is 31.4 Å². The van der Waals surface area contributed by atoms with Crippen molar-refractivity contribution in [3.05, 3.63) is 29.8 Å². The summed E-state index contributed by atoms with van der Waals surface area (Å²) in [6.07, 6.45) is 0. The van der Waals surface area contributed by atoms with Crippen molar-refractivity contribution in [2.24, 2.45) is 0 Å². The Hall–Kier alpha value is -0.870. The highest BCUT2D eigenvalue weighted by molar-refractivity contribution is 7.54. The van der Waals surface area contributed by atoms with Crippen LogP contribution in [0.3, 0.4) is 0 Å². The SMILES string of the molecule is COc1ccc([C@](C)(O)P(=O)(OC)OC)cc1. The van der Waals surface area contributed by atoms with Gasteiger partial charge in [0.1, 0.15) is 5.75 Å². The molecule has 0 heterocycles. The van der Waals surface area contributed by atoms with E-state index in [1.807, 2.05) is 0 Å². The summed E-state index contributed by atoms with van der Waals surface area (Å²) in [7, 11) is 0.406. The summed E-state index contributed by atoms with van der Waals surface area (Å²) in [5.74, 6) is 0.647. The molecule has 0 aliphatic rings. The van der Waals surface area contributed by atoms with Gasteiger partial charge in [-0.15, -0.1) is 0 Å². The second-order valence-corrected chi connectivity index (χ2v) is 6.21. The zero-order valence-electron chi connectivity index (χ0n) is 10.3. The van der Waals surface area contributed by atoms with E-state index in [9.17, 15) is 9.67 Å². The Morgan fingerprint density at radius 1 is 1.12 bits per heavy atom. The average molecular weight is 260 g/mol. The van der Waals surface area contributed by atoms with Gasteiger partial charge in [0.25, 0.3) is 0 Å². The van der Waals surface area contributed by atoms with Gasteiger partial charge in [0.2, 0.25) is 0 Å². The summed E-state index contributed by atoms with van der Waals surface area (Å²) in [5.41, 5.74) is 0.435. The molecule has 1 atom stereocenters. The smallest absolute Gasteiger partial charge is 0.365 e. The van der Waals surface area contributed by atoms with Crippen LogP contribution in [0, 0.1) is 0 Å². The largest absolute Gasteiger partial charge is 0.497 e. The minimum Gasteiger partial charge on any atom is -0.497 e. The van der Waals surface area contributed by atoms with E-state index in [0.717, 1.165) is 0 Å². The summed E-state index contributed by atoms with van der Waals surface area (Å²) in [4.78, 5) is 0. The zero-order chi connectivity index (χ0) is 13.1. The van der Waals surface area contributed by atoms with Gasteiger partial charge in [0.05, 0.1) is 7.11 Å². The molecule has 0 radical (unpaired) electrons. The van der Waals surface area contributed by atoms with Crippen LogP contribution in [0.4, 0.5) is 0 Å². The van der Waals surface area contributed by atoms with Gasteiger partial charge in [-0.25, -0.2) is 0 Å². The van der Waals surface area contributed by atoms with Crippen molar-refractivity contribution < 1.29 is 23.5 Å². The minimum atomic E-state index is -3.61. The molecule has 0 bridgehead atoms. The molecule has 6 heteroatoms. The molecule has 0 amide bonds. The molecule has 1 N–H and O–H groups in total. The van der Waals surface area contributed by atoms with Crippen LogP contribution in [0.15, 0.2) is 24.3 Å². The fourth-order valence-corrected chi connectivity index (χ4v) is 2.82. The molecule has 17 heavy (non-hydrogen) atoms. The van der Waals surface area contributed by atoms with Crippen molar-refractivity contribution in [2.75, 3.05) is 21.3 Å². The molecule has 1 rings (SSSR count). The molecule has 0 saturated heterocycles. The summed E-state index contributed by atoms with van der Waals surface area (Å²) in [6.45, 7) is 1.39. The van der Waals surface area contributed by atoms with Crippen molar-refractivity contribution in [1.29, 1.82) is 0 Å². The van der Waals surface area contributed by atoms with Gasteiger partial charge in [0, 0.05) is 14.2 Å². The quantitative estimate of drug-likeness (QED) is 0.823. The lowest BCUT2D eigenvalue weighted by molar-refractivity contribution is 0.0932. The van der Waals surface area contributed by atoms with Crippen molar-refractivity contribution in [1.82, 2.24) is 0 Å². The third kappa shape index (κ3) is 2.53. The van der Waals surface area contributed by atoms with Gasteiger partial charge >= 0.3 is 7.60 Å². The molecule has 96 valence electrons. The number of rotatable bonds is 5. The Morgan fingerprint density at radius 2 is 1.59 bits per heavy atom. The third-order valence-corrected chi connectivity index (χ3v) is 4.94. The molecule has 5 nitrogen and oxygen atoms in total. The van der Waals surface area contributed by atoms with Gasteiger partial charge in [-0.1, -0.05) is 12.1 Å². The monoisotopic (exact) mass is 260 g/mol. The molecule has 0 fully saturated rings. The molecule has 1 aromatic rings. The topological polar surface area (TPSA) is 65.0 Å². The first kappa shape index (κ1) is 14.2. The molecular formula is C11H17O5P. The van der Waals surface area contributed by atoms with Gasteiger partial charge in [-0.3, -0.25) is 4.57 Å². The number of hydrogen-bond acceptors (Lipinski definition) is 5. The van der Waals surface area contributed by atoms with Crippen molar-refractivity contribution in [2.45, 2.75) is 12.3 Å². The van der Waals surface area contributed by atoms with Crippen molar-refractivity contribution >= 4 is 7.60 Å². The van der Waals surface area contributed by atoms with Gasteiger partial charge in [-0.05, 0) is 24.6 Å². The fourth-order valence-electron chi connectivity index (χ4n) is 1.49. The Labute approximate surface area is 101 Å². The summed E-state index contributed by atoms with van der Waals surface area (Å²) in [5, 5.41) is 8.61. The fraction of sp³-hybridized carbons (Fsp3) is 0.455. The zero-order valence-corrected chi connectivity index (χ0v) is 11.2. The van der Waals surface area contributed by atoms with Crippen molar-refractivity contribution in [3.8, 4) is 5.75 Å². The molecule has 0 aliphatic carbocycles. The lowest BCUT2D eigenvalue weighted by Crippen LogP contribution is -2.23. The predicted octanol–water partition coefficient (Wildman–Crippen LogP) is 2.35. The average Bonchev–Trinajstić information content (AvgIpc) is 2.37. The van der Waals surface area contributed by atoms with Crippen LogP contribution in [0.1, 0.15) is 12.5 Å². The van der Waals surface area contributed by atoms with Crippen LogP contribution >= 0.6 is 7.60 Å². The van der Waals surface area contributed by atoms with E-state index < -0.39 is 12.9 Å². The number of ether oxygens (including phenoxy) is 1. The van der Waals surface area contributed by atoms with Gasteiger partial charge in [0.15, 0.2) is 5.34 Å². The number of benzene rings is 1. The van der Waals surface area contributed by atoms with Crippen LogP contribution in [0.5, 0.6) is 5.75 Å². The highest BCUT2D eigenvalue weighted by Gasteiger charge is 2.46. The second-order valence-electron chi connectivity index (χ2n) is 3.61. The normalized spacial score (nSPS) is 15.4. The number of methoxy groups -OCH3 is 1. The molecule has 0 unspecified atom stereocenters. The highest BCUT2D eigenvalue weighted by Crippen LogP contribution is 2.62. The molecule has 0 saturated carbocycles. The summed E-state index contributed by atoms with van der Waals surface area (Å²) in [6, 6.07) is 6.56. The molecule has 0 aromatic heterocycles. The Bertz CT molecular complexity index is 404. The van der Waals surface area contributed by atoms with E-state index >= 15 is 0 Å². The second kappa shape index (κ2) is 5.19. The standard InChI is InChI=1S/C11H17O5P/c1-11(12,17(13,15-3)16-4)9-5-7-10(14-2)8-6-9/h5-8,12H,1-4H3/t11-/m1/s1. The predicted molar refractivity (Wildman–Crippen MR) is 64.2 cm³/mol. The van der Waals surface area contributed by atoms with Gasteiger partial charge in [-0.2, -0.15) is 0 Å². The van der Waals surface area contributed by atoms with E-state index in [-0.39, 0.29) is 0 Å². The van der Waals surface area contributed by atoms with Gasteiger partial charge < -0.3 is 18.9 Å². The maximum Gasteiger partial charge on any atom is 0.365 e. The third-order valence-electron chi connectivity index (χ3n) is 2.65. The van der Waals surface area contributed by atoms with Crippen molar-refractivity contribution in [3.63, 3.8) is 0 Å². The van der Waals surface area contributed by atoms with Crippen LogP contribution < -0.4 is 4.74 Å². The lowest BCUT2D eigenvalue weighted by atomic mass is 10.1. The Kier molecular flexibility index (Phi) is 4.33. The first-order valence-electron chi connectivity index (χ1n) is 5.00. The molecule has 1 aromatic carbocycles. The minimum absolute atomic E-state index is 0.435.